The van der Waals surface area contributed by atoms with Gasteiger partial charge in [-0.05, 0) is 32.8 Å². The van der Waals surface area contributed by atoms with Crippen LogP contribution in [0, 0.1) is 6.92 Å². The summed E-state index contributed by atoms with van der Waals surface area (Å²) >= 11 is 0. The zero-order chi connectivity index (χ0) is 14.8. The van der Waals surface area contributed by atoms with Crippen LogP contribution in [0.15, 0.2) is 18.7 Å². The number of aryl methyl sites for hydroxylation is 2. The van der Waals surface area contributed by atoms with Crippen LogP contribution in [0.25, 0.3) is 0 Å². The van der Waals surface area contributed by atoms with Gasteiger partial charge in [0.15, 0.2) is 0 Å². The number of carbonyl (C=O) groups excluding carboxylic acids is 1. The van der Waals surface area contributed by atoms with Crippen molar-refractivity contribution in [2.75, 3.05) is 13.1 Å². The number of nitrogens with zero attached hydrogens (tertiary/aromatic N) is 6. The molecule has 7 heteroatoms. The fourth-order valence-electron chi connectivity index (χ4n) is 2.88. The standard InChI is InChI=1S/C14H20N6O/c1-3-19-13(7-11(2)17-19)14(21)18-6-4-5-12(8-18)20-10-15-9-16-20/h7,9-10,12H,3-6,8H2,1-2H3/t12-/m0/s1. The number of aromatic nitrogens is 5. The third kappa shape index (κ3) is 2.68. The van der Waals surface area contributed by atoms with E-state index in [0.29, 0.717) is 18.8 Å². The first-order valence-corrected chi connectivity index (χ1v) is 7.37. The van der Waals surface area contributed by atoms with Crippen LogP contribution < -0.4 is 0 Å². The number of likely N-dealkylation sites (tertiary alicyclic amines) is 1. The molecule has 1 aliphatic heterocycles. The van der Waals surface area contributed by atoms with E-state index in [1.54, 1.807) is 11.0 Å². The second kappa shape index (κ2) is 5.67. The highest BCUT2D eigenvalue weighted by molar-refractivity contribution is 5.92. The molecule has 0 aromatic carbocycles. The van der Waals surface area contributed by atoms with E-state index in [2.05, 4.69) is 15.2 Å². The first-order valence-electron chi connectivity index (χ1n) is 7.37. The van der Waals surface area contributed by atoms with Crippen molar-refractivity contribution in [3.8, 4) is 0 Å². The number of rotatable bonds is 3. The smallest absolute Gasteiger partial charge is 0.272 e. The zero-order valence-electron chi connectivity index (χ0n) is 12.4. The van der Waals surface area contributed by atoms with Gasteiger partial charge >= 0.3 is 0 Å². The molecule has 1 fully saturated rings. The van der Waals surface area contributed by atoms with Gasteiger partial charge in [-0.2, -0.15) is 10.2 Å². The van der Waals surface area contributed by atoms with Crippen molar-refractivity contribution >= 4 is 5.91 Å². The van der Waals surface area contributed by atoms with Gasteiger partial charge < -0.3 is 4.90 Å². The van der Waals surface area contributed by atoms with Crippen LogP contribution in [-0.2, 0) is 6.54 Å². The summed E-state index contributed by atoms with van der Waals surface area (Å²) in [5, 5.41) is 8.55. The number of hydrogen-bond acceptors (Lipinski definition) is 4. The minimum absolute atomic E-state index is 0.0577. The molecule has 0 N–H and O–H groups in total. The number of amides is 1. The Morgan fingerprint density at radius 1 is 1.48 bits per heavy atom. The summed E-state index contributed by atoms with van der Waals surface area (Å²) < 4.78 is 3.62. The van der Waals surface area contributed by atoms with Gasteiger partial charge in [-0.25, -0.2) is 9.67 Å². The lowest BCUT2D eigenvalue weighted by Crippen LogP contribution is -2.41. The van der Waals surface area contributed by atoms with E-state index in [1.165, 1.54) is 6.33 Å². The fraction of sp³-hybridized carbons (Fsp3) is 0.571. The van der Waals surface area contributed by atoms with Crippen molar-refractivity contribution in [2.45, 2.75) is 39.3 Å². The normalized spacial score (nSPS) is 19.0. The first-order chi connectivity index (χ1) is 10.2. The number of carbonyl (C=O) groups is 1. The van der Waals surface area contributed by atoms with Gasteiger partial charge in [-0.15, -0.1) is 0 Å². The summed E-state index contributed by atoms with van der Waals surface area (Å²) in [5.74, 6) is 0.0577. The van der Waals surface area contributed by atoms with E-state index in [9.17, 15) is 4.79 Å². The Morgan fingerprint density at radius 2 is 2.33 bits per heavy atom. The van der Waals surface area contributed by atoms with Crippen molar-refractivity contribution in [2.24, 2.45) is 0 Å². The van der Waals surface area contributed by atoms with Crippen molar-refractivity contribution < 1.29 is 4.79 Å². The second-order valence-electron chi connectivity index (χ2n) is 5.41. The topological polar surface area (TPSA) is 68.8 Å². The van der Waals surface area contributed by atoms with E-state index < -0.39 is 0 Å². The summed E-state index contributed by atoms with van der Waals surface area (Å²) in [5.41, 5.74) is 1.55. The van der Waals surface area contributed by atoms with Gasteiger partial charge in [0.2, 0.25) is 0 Å². The third-order valence-corrected chi connectivity index (χ3v) is 3.92. The predicted molar refractivity (Wildman–Crippen MR) is 76.8 cm³/mol. The molecule has 2 aromatic heterocycles. The van der Waals surface area contributed by atoms with Gasteiger partial charge in [0.1, 0.15) is 18.3 Å². The Balaban J connectivity index is 1.78. The molecule has 1 saturated heterocycles. The highest BCUT2D eigenvalue weighted by Crippen LogP contribution is 2.22. The molecule has 0 unspecified atom stereocenters. The van der Waals surface area contributed by atoms with E-state index in [-0.39, 0.29) is 11.9 Å². The van der Waals surface area contributed by atoms with Crippen molar-refractivity contribution in [3.63, 3.8) is 0 Å². The molecule has 0 spiro atoms. The lowest BCUT2D eigenvalue weighted by Gasteiger charge is -2.32. The summed E-state index contributed by atoms with van der Waals surface area (Å²) in [6, 6.07) is 2.08. The van der Waals surface area contributed by atoms with Crippen molar-refractivity contribution in [1.29, 1.82) is 0 Å². The maximum absolute atomic E-state index is 12.7. The molecule has 112 valence electrons. The Hall–Kier alpha value is -2.18. The van der Waals surface area contributed by atoms with Crippen molar-refractivity contribution in [3.05, 3.63) is 30.1 Å². The van der Waals surface area contributed by atoms with E-state index in [1.807, 2.05) is 29.5 Å². The van der Waals surface area contributed by atoms with Crippen LogP contribution in [0.3, 0.4) is 0 Å². The molecule has 1 atom stereocenters. The highest BCUT2D eigenvalue weighted by atomic mass is 16.2. The van der Waals surface area contributed by atoms with Crippen molar-refractivity contribution in [1.82, 2.24) is 29.4 Å². The molecule has 3 heterocycles. The highest BCUT2D eigenvalue weighted by Gasteiger charge is 2.27. The molecular weight excluding hydrogens is 268 g/mol. The first kappa shape index (κ1) is 13.8. The average molecular weight is 288 g/mol. The third-order valence-electron chi connectivity index (χ3n) is 3.92. The number of hydrogen-bond donors (Lipinski definition) is 0. The van der Waals surface area contributed by atoms with Crippen LogP contribution in [0.2, 0.25) is 0 Å². The maximum atomic E-state index is 12.7. The second-order valence-corrected chi connectivity index (χ2v) is 5.41. The van der Waals surface area contributed by atoms with E-state index in [4.69, 9.17) is 0 Å². The Kier molecular flexibility index (Phi) is 3.72. The van der Waals surface area contributed by atoms with Crippen LogP contribution in [0.4, 0.5) is 0 Å². The molecule has 1 amide bonds. The van der Waals surface area contributed by atoms with Gasteiger partial charge in [0.05, 0.1) is 11.7 Å². The molecule has 0 radical (unpaired) electrons. The van der Waals surface area contributed by atoms with Gasteiger partial charge in [0.25, 0.3) is 5.91 Å². The van der Waals surface area contributed by atoms with E-state index >= 15 is 0 Å². The molecule has 0 bridgehead atoms. The monoisotopic (exact) mass is 288 g/mol. The SMILES string of the molecule is CCn1nc(C)cc1C(=O)N1CCC[C@H](n2cncn2)C1. The summed E-state index contributed by atoms with van der Waals surface area (Å²) in [6.07, 6.45) is 5.27. The minimum Gasteiger partial charge on any atom is -0.335 e. The largest absolute Gasteiger partial charge is 0.335 e. The Labute approximate surface area is 123 Å². The maximum Gasteiger partial charge on any atom is 0.272 e. The quantitative estimate of drug-likeness (QED) is 0.853. The van der Waals surface area contributed by atoms with Gasteiger partial charge in [-0.1, -0.05) is 0 Å². The van der Waals surface area contributed by atoms with Crippen LogP contribution in [0.5, 0.6) is 0 Å². The summed E-state index contributed by atoms with van der Waals surface area (Å²) in [7, 11) is 0. The zero-order valence-corrected chi connectivity index (χ0v) is 12.4. The van der Waals surface area contributed by atoms with Crippen LogP contribution in [-0.4, -0.2) is 48.4 Å². The summed E-state index contributed by atoms with van der Waals surface area (Å²) in [6.45, 7) is 6.08. The van der Waals surface area contributed by atoms with E-state index in [0.717, 1.165) is 25.1 Å². The summed E-state index contributed by atoms with van der Waals surface area (Å²) in [4.78, 5) is 18.6. The molecule has 7 nitrogen and oxygen atoms in total. The van der Waals surface area contributed by atoms with Gasteiger partial charge in [0, 0.05) is 19.6 Å². The Bertz CT molecular complexity index is 617. The molecule has 2 aromatic rings. The molecule has 3 rings (SSSR count). The predicted octanol–water partition coefficient (Wildman–Crippen LogP) is 1.28. The molecule has 0 saturated carbocycles. The lowest BCUT2D eigenvalue weighted by molar-refractivity contribution is 0.0660. The average Bonchev–Trinajstić information content (AvgIpc) is 3.15. The van der Waals surface area contributed by atoms with Crippen LogP contribution >= 0.6 is 0 Å². The van der Waals surface area contributed by atoms with Crippen LogP contribution in [0.1, 0.15) is 42.0 Å². The lowest BCUT2D eigenvalue weighted by atomic mass is 10.1. The molecule has 0 aliphatic carbocycles. The molecule has 1 aliphatic rings. The number of piperidine rings is 1. The Morgan fingerprint density at radius 3 is 3.05 bits per heavy atom. The fourth-order valence-corrected chi connectivity index (χ4v) is 2.88. The molecular formula is C14H20N6O. The van der Waals surface area contributed by atoms with Gasteiger partial charge in [-0.3, -0.25) is 9.48 Å². The minimum atomic E-state index is 0.0577. The molecule has 21 heavy (non-hydrogen) atoms.